The van der Waals surface area contributed by atoms with E-state index in [1.54, 1.807) is 48.2 Å². The van der Waals surface area contributed by atoms with Crippen molar-refractivity contribution in [3.8, 4) is 0 Å². The van der Waals surface area contributed by atoms with Gasteiger partial charge in [0.05, 0.1) is 0 Å². The second-order valence-electron chi connectivity index (χ2n) is 7.50. The van der Waals surface area contributed by atoms with E-state index < -0.39 is 0 Å². The minimum Gasteiger partial charge on any atom is -0.326 e. The van der Waals surface area contributed by atoms with Crippen LogP contribution in [0, 0.1) is 24.6 Å². The number of hydrogen-bond acceptors (Lipinski definition) is 2. The molecule has 1 fully saturated rings. The highest BCUT2D eigenvalue weighted by Crippen LogP contribution is 2.27. The molecule has 0 aromatic heterocycles. The third-order valence-electron chi connectivity index (χ3n) is 5.47. The Balaban J connectivity index is 1.49. The number of anilines is 2. The van der Waals surface area contributed by atoms with Crippen molar-refractivity contribution in [3.63, 3.8) is 0 Å². The molecule has 1 saturated heterocycles. The summed E-state index contributed by atoms with van der Waals surface area (Å²) in [4.78, 5) is 26.8. The number of amides is 3. The summed E-state index contributed by atoms with van der Waals surface area (Å²) in [7, 11) is 0. The minimum atomic E-state index is -0.291. The first-order valence-corrected chi connectivity index (χ1v) is 10.1. The first kappa shape index (κ1) is 21.1. The van der Waals surface area contributed by atoms with Crippen molar-refractivity contribution in [2.75, 3.05) is 23.7 Å². The van der Waals surface area contributed by atoms with Crippen LogP contribution in [0.25, 0.3) is 0 Å². The molecule has 0 aliphatic carbocycles. The van der Waals surface area contributed by atoms with E-state index in [-0.39, 0.29) is 29.6 Å². The number of aryl methyl sites for hydroxylation is 1. The van der Waals surface area contributed by atoms with Crippen molar-refractivity contribution < 1.29 is 14.0 Å². The Hall–Kier alpha value is -2.60. The molecule has 1 heterocycles. The Labute approximate surface area is 175 Å². The topological polar surface area (TPSA) is 61.4 Å². The van der Waals surface area contributed by atoms with Crippen molar-refractivity contribution in [1.82, 2.24) is 4.90 Å². The van der Waals surface area contributed by atoms with Gasteiger partial charge < -0.3 is 15.5 Å². The molecular weight excluding hydrogens is 393 g/mol. The molecule has 1 atom stereocenters. The van der Waals surface area contributed by atoms with Crippen molar-refractivity contribution in [2.24, 2.45) is 11.8 Å². The highest BCUT2D eigenvalue weighted by Gasteiger charge is 2.30. The van der Waals surface area contributed by atoms with E-state index in [1.165, 1.54) is 6.07 Å². The molecule has 1 aliphatic rings. The minimum absolute atomic E-state index is 0.0833. The molecule has 3 amide bonds. The van der Waals surface area contributed by atoms with Crippen LogP contribution in [0.4, 0.5) is 20.6 Å². The van der Waals surface area contributed by atoms with Gasteiger partial charge in [-0.15, -0.1) is 0 Å². The van der Waals surface area contributed by atoms with Crippen LogP contribution < -0.4 is 10.6 Å². The number of carbonyl (C=O) groups excluding carboxylic acids is 2. The summed E-state index contributed by atoms with van der Waals surface area (Å²) in [6.07, 6.45) is 1.51. The molecule has 3 rings (SSSR count). The lowest BCUT2D eigenvalue weighted by Gasteiger charge is -2.34. The summed E-state index contributed by atoms with van der Waals surface area (Å²) in [6, 6.07) is 11.4. The summed E-state index contributed by atoms with van der Waals surface area (Å²) in [6.45, 7) is 4.76. The number of urea groups is 1. The maximum absolute atomic E-state index is 13.4. The smallest absolute Gasteiger partial charge is 0.321 e. The molecule has 0 spiro atoms. The second kappa shape index (κ2) is 9.27. The van der Waals surface area contributed by atoms with Crippen molar-refractivity contribution >= 4 is 34.9 Å². The number of benzene rings is 2. The summed E-state index contributed by atoms with van der Waals surface area (Å²) >= 11 is 5.86. The van der Waals surface area contributed by atoms with Crippen molar-refractivity contribution in [3.05, 3.63) is 58.9 Å². The Bertz CT molecular complexity index is 880. The first-order chi connectivity index (χ1) is 13.8. The van der Waals surface area contributed by atoms with Crippen molar-refractivity contribution in [1.29, 1.82) is 0 Å². The van der Waals surface area contributed by atoms with Crippen LogP contribution in [0.5, 0.6) is 0 Å². The summed E-state index contributed by atoms with van der Waals surface area (Å²) in [5, 5.41) is 6.35. The van der Waals surface area contributed by atoms with Crippen LogP contribution >= 0.6 is 11.6 Å². The van der Waals surface area contributed by atoms with E-state index in [4.69, 9.17) is 11.6 Å². The predicted molar refractivity (Wildman–Crippen MR) is 114 cm³/mol. The number of hydrogen-bond donors (Lipinski definition) is 2. The molecule has 2 aromatic carbocycles. The van der Waals surface area contributed by atoms with Gasteiger partial charge in [0, 0.05) is 35.4 Å². The third-order valence-corrected chi connectivity index (χ3v) is 5.72. The largest absolute Gasteiger partial charge is 0.326 e. The molecule has 7 heteroatoms. The average Bonchev–Trinajstić information content (AvgIpc) is 2.72. The van der Waals surface area contributed by atoms with Gasteiger partial charge in [-0.05, 0) is 73.7 Å². The Morgan fingerprint density at radius 1 is 1.07 bits per heavy atom. The molecule has 0 bridgehead atoms. The molecule has 2 N–H and O–H groups in total. The third kappa shape index (κ3) is 5.48. The predicted octanol–water partition coefficient (Wildman–Crippen LogP) is 5.31. The van der Waals surface area contributed by atoms with Gasteiger partial charge in [-0.25, -0.2) is 9.18 Å². The first-order valence-electron chi connectivity index (χ1n) is 9.72. The highest BCUT2D eigenvalue weighted by atomic mass is 35.5. The van der Waals surface area contributed by atoms with Crippen molar-refractivity contribution in [2.45, 2.75) is 26.7 Å². The standard InChI is InChI=1S/C22H25ClFN3O2/c1-14-13-19(7-8-20(14)24)25-21(28)15(2)16-9-11-27(12-10-16)22(29)26-18-5-3-17(23)4-6-18/h3-8,13,15-16H,9-12H2,1-2H3,(H,25,28)(H,26,29)/t15-/m1/s1. The molecule has 0 saturated carbocycles. The zero-order chi connectivity index (χ0) is 21.0. The van der Waals surface area contributed by atoms with Gasteiger partial charge >= 0.3 is 6.03 Å². The molecule has 0 unspecified atom stereocenters. The number of rotatable bonds is 4. The Morgan fingerprint density at radius 2 is 1.69 bits per heavy atom. The molecule has 5 nitrogen and oxygen atoms in total. The summed E-state index contributed by atoms with van der Waals surface area (Å²) < 4.78 is 13.4. The van der Waals surface area contributed by atoms with E-state index >= 15 is 0 Å². The van der Waals surface area contributed by atoms with Gasteiger partial charge in [-0.3, -0.25) is 4.79 Å². The number of nitrogens with one attached hydrogen (secondary N) is 2. The number of piperidine rings is 1. The van der Waals surface area contributed by atoms with Crippen LogP contribution in [-0.2, 0) is 4.79 Å². The van der Waals surface area contributed by atoms with Gasteiger partial charge in [-0.1, -0.05) is 18.5 Å². The lowest BCUT2D eigenvalue weighted by molar-refractivity contribution is -0.121. The van der Waals surface area contributed by atoms with E-state index in [9.17, 15) is 14.0 Å². The lowest BCUT2D eigenvalue weighted by Crippen LogP contribution is -2.43. The molecule has 1 aliphatic heterocycles. The molecule has 0 radical (unpaired) electrons. The molecule has 2 aromatic rings. The number of nitrogens with zero attached hydrogens (tertiary/aromatic N) is 1. The van der Waals surface area contributed by atoms with E-state index in [1.807, 2.05) is 6.92 Å². The van der Waals surface area contributed by atoms with Gasteiger partial charge in [0.1, 0.15) is 5.82 Å². The van der Waals surface area contributed by atoms with Crippen LogP contribution in [0.15, 0.2) is 42.5 Å². The fraction of sp³-hybridized carbons (Fsp3) is 0.364. The SMILES string of the molecule is Cc1cc(NC(=O)[C@H](C)C2CCN(C(=O)Nc3ccc(Cl)cc3)CC2)ccc1F. The monoisotopic (exact) mass is 417 g/mol. The Kier molecular flexibility index (Phi) is 6.75. The quantitative estimate of drug-likeness (QED) is 0.708. The van der Waals surface area contributed by atoms with Crippen LogP contribution in [0.3, 0.4) is 0 Å². The maximum Gasteiger partial charge on any atom is 0.321 e. The highest BCUT2D eigenvalue weighted by molar-refractivity contribution is 6.30. The van der Waals surface area contributed by atoms with Gasteiger partial charge in [0.15, 0.2) is 0 Å². The summed E-state index contributed by atoms with van der Waals surface area (Å²) in [5.74, 6) is -0.377. The van der Waals surface area contributed by atoms with E-state index in [0.29, 0.717) is 35.1 Å². The zero-order valence-electron chi connectivity index (χ0n) is 16.5. The number of carbonyl (C=O) groups is 2. The number of likely N-dealkylation sites (tertiary alicyclic amines) is 1. The fourth-order valence-corrected chi connectivity index (χ4v) is 3.66. The van der Waals surface area contributed by atoms with Gasteiger partial charge in [0.2, 0.25) is 5.91 Å². The second-order valence-corrected chi connectivity index (χ2v) is 7.94. The molecule has 154 valence electrons. The van der Waals surface area contributed by atoms with Crippen LogP contribution in [-0.4, -0.2) is 29.9 Å². The lowest BCUT2D eigenvalue weighted by atomic mass is 9.85. The fourth-order valence-electron chi connectivity index (χ4n) is 3.53. The van der Waals surface area contributed by atoms with Gasteiger partial charge in [-0.2, -0.15) is 0 Å². The normalized spacial score (nSPS) is 15.7. The van der Waals surface area contributed by atoms with Crippen LogP contribution in [0.1, 0.15) is 25.3 Å². The Morgan fingerprint density at radius 3 is 2.31 bits per heavy atom. The molecule has 29 heavy (non-hydrogen) atoms. The zero-order valence-corrected chi connectivity index (χ0v) is 17.3. The summed E-state index contributed by atoms with van der Waals surface area (Å²) in [5.41, 5.74) is 1.79. The molecular formula is C22H25ClFN3O2. The van der Waals surface area contributed by atoms with Gasteiger partial charge in [0.25, 0.3) is 0 Å². The van der Waals surface area contributed by atoms with Crippen LogP contribution in [0.2, 0.25) is 5.02 Å². The average molecular weight is 418 g/mol. The maximum atomic E-state index is 13.4. The number of halogens is 2. The van der Waals surface area contributed by atoms with E-state index in [2.05, 4.69) is 10.6 Å². The van der Waals surface area contributed by atoms with E-state index in [0.717, 1.165) is 12.8 Å².